The molecule has 0 bridgehead atoms. The van der Waals surface area contributed by atoms with Crippen molar-refractivity contribution in [2.45, 2.75) is 24.7 Å². The van der Waals surface area contributed by atoms with Crippen LogP contribution >= 0.6 is 23.2 Å². The van der Waals surface area contributed by atoms with Crippen molar-refractivity contribution in [1.82, 2.24) is 10.2 Å². The van der Waals surface area contributed by atoms with Gasteiger partial charge in [0.1, 0.15) is 0 Å². The first kappa shape index (κ1) is 20.0. The second-order valence-corrected chi connectivity index (χ2v) is 8.61. The van der Waals surface area contributed by atoms with E-state index < -0.39 is 5.41 Å². The number of rotatable bonds is 3. The molecule has 4 rings (SSSR count). The van der Waals surface area contributed by atoms with Gasteiger partial charge in [-0.1, -0.05) is 41.4 Å². The predicted octanol–water partition coefficient (Wildman–Crippen LogP) is 4.48. The lowest BCUT2D eigenvalue weighted by Crippen LogP contribution is -2.51. The van der Waals surface area contributed by atoms with Crippen molar-refractivity contribution in [3.63, 3.8) is 0 Å². The summed E-state index contributed by atoms with van der Waals surface area (Å²) in [6.07, 6.45) is 2.06. The molecule has 1 unspecified atom stereocenters. The minimum Gasteiger partial charge on any atom is -0.341 e. The maximum absolute atomic E-state index is 13.4. The highest BCUT2D eigenvalue weighted by Crippen LogP contribution is 2.49. The van der Waals surface area contributed by atoms with Crippen LogP contribution in [-0.4, -0.2) is 37.0 Å². The third-order valence-corrected chi connectivity index (χ3v) is 6.65. The van der Waals surface area contributed by atoms with E-state index in [1.54, 1.807) is 11.9 Å². The van der Waals surface area contributed by atoms with Gasteiger partial charge in [-0.2, -0.15) is 0 Å². The molecule has 2 aromatic rings. The SMILES string of the molecule is CNC(=O)N1CCC(C2(Cc3cccc(Cl)c3)C(=O)Nc3cc(Cl)ccc32)CC1. The summed E-state index contributed by atoms with van der Waals surface area (Å²) >= 11 is 12.4. The molecule has 5 nitrogen and oxygen atoms in total. The van der Waals surface area contributed by atoms with Crippen molar-refractivity contribution in [3.05, 3.63) is 63.6 Å². The highest BCUT2D eigenvalue weighted by molar-refractivity contribution is 6.31. The summed E-state index contributed by atoms with van der Waals surface area (Å²) in [6.45, 7) is 1.25. The summed E-state index contributed by atoms with van der Waals surface area (Å²) in [4.78, 5) is 27.3. The molecule has 1 saturated heterocycles. The average Bonchev–Trinajstić information content (AvgIpc) is 2.98. The highest BCUT2D eigenvalue weighted by atomic mass is 35.5. The molecule has 0 saturated carbocycles. The van der Waals surface area contributed by atoms with E-state index in [0.717, 1.165) is 29.7 Å². The number of nitrogens with one attached hydrogen (secondary N) is 2. The van der Waals surface area contributed by atoms with Crippen LogP contribution in [0.25, 0.3) is 0 Å². The van der Waals surface area contributed by atoms with E-state index in [4.69, 9.17) is 23.2 Å². The standard InChI is InChI=1S/C22H23Cl2N3O2/c1-25-21(29)27-9-7-15(8-10-27)22(13-14-3-2-4-16(23)11-14)18-6-5-17(24)12-19(18)26-20(22)28/h2-6,11-12,15H,7-10,13H2,1H3,(H,25,29)(H,26,28). The summed E-state index contributed by atoms with van der Waals surface area (Å²) in [7, 11) is 1.64. The number of amides is 3. The van der Waals surface area contributed by atoms with Crippen molar-refractivity contribution in [2.75, 3.05) is 25.5 Å². The van der Waals surface area contributed by atoms with Crippen LogP contribution in [0.4, 0.5) is 10.5 Å². The maximum Gasteiger partial charge on any atom is 0.317 e. The minimum atomic E-state index is -0.709. The molecule has 2 aliphatic heterocycles. The first-order chi connectivity index (χ1) is 13.9. The molecular weight excluding hydrogens is 409 g/mol. The van der Waals surface area contributed by atoms with Crippen molar-refractivity contribution in [1.29, 1.82) is 0 Å². The van der Waals surface area contributed by atoms with E-state index in [9.17, 15) is 9.59 Å². The number of piperidine rings is 1. The number of fused-ring (bicyclic) bond motifs is 1. The summed E-state index contributed by atoms with van der Waals surface area (Å²) in [5, 5.41) is 6.99. The van der Waals surface area contributed by atoms with Gasteiger partial charge in [0.05, 0.1) is 5.41 Å². The number of hydrogen-bond donors (Lipinski definition) is 2. The largest absolute Gasteiger partial charge is 0.341 e. The normalized spacial score (nSPS) is 21.6. The summed E-state index contributed by atoms with van der Waals surface area (Å²) in [6, 6.07) is 13.2. The molecule has 0 aliphatic carbocycles. The van der Waals surface area contributed by atoms with Gasteiger partial charge in [-0.05, 0) is 60.6 Å². The number of halogens is 2. The third-order valence-electron chi connectivity index (χ3n) is 6.18. The van der Waals surface area contributed by atoms with Gasteiger partial charge in [-0.3, -0.25) is 4.79 Å². The third kappa shape index (κ3) is 3.58. The van der Waals surface area contributed by atoms with Gasteiger partial charge in [0.15, 0.2) is 0 Å². The molecule has 0 spiro atoms. The smallest absolute Gasteiger partial charge is 0.317 e. The Morgan fingerprint density at radius 3 is 2.59 bits per heavy atom. The van der Waals surface area contributed by atoms with E-state index in [-0.39, 0.29) is 17.9 Å². The summed E-state index contributed by atoms with van der Waals surface area (Å²) in [5.74, 6) is 0.0953. The Balaban J connectivity index is 1.73. The highest BCUT2D eigenvalue weighted by Gasteiger charge is 2.52. The monoisotopic (exact) mass is 431 g/mol. The van der Waals surface area contributed by atoms with Crippen LogP contribution in [0.1, 0.15) is 24.0 Å². The maximum atomic E-state index is 13.4. The molecule has 2 N–H and O–H groups in total. The Hall–Kier alpha value is -2.24. The Bertz CT molecular complexity index is 957. The second kappa shape index (κ2) is 7.88. The van der Waals surface area contributed by atoms with Crippen molar-refractivity contribution in [2.24, 2.45) is 5.92 Å². The zero-order valence-electron chi connectivity index (χ0n) is 16.2. The van der Waals surface area contributed by atoms with Crippen LogP contribution in [0.5, 0.6) is 0 Å². The number of nitrogens with zero attached hydrogens (tertiary/aromatic N) is 1. The van der Waals surface area contributed by atoms with Gasteiger partial charge in [-0.25, -0.2) is 4.79 Å². The van der Waals surface area contributed by atoms with E-state index in [0.29, 0.717) is 29.6 Å². The molecule has 29 heavy (non-hydrogen) atoms. The minimum absolute atomic E-state index is 0.00636. The van der Waals surface area contributed by atoms with Crippen LogP contribution in [0, 0.1) is 5.92 Å². The van der Waals surface area contributed by atoms with Gasteiger partial charge >= 0.3 is 6.03 Å². The van der Waals surface area contributed by atoms with Crippen molar-refractivity contribution >= 4 is 40.8 Å². The summed E-state index contributed by atoms with van der Waals surface area (Å²) in [5.41, 5.74) is 2.06. The average molecular weight is 432 g/mol. The molecule has 152 valence electrons. The quantitative estimate of drug-likeness (QED) is 0.752. The molecule has 2 heterocycles. The molecule has 2 aliphatic rings. The van der Waals surface area contributed by atoms with Gasteiger partial charge in [-0.15, -0.1) is 0 Å². The van der Waals surface area contributed by atoms with Gasteiger partial charge in [0.2, 0.25) is 5.91 Å². The first-order valence-corrected chi connectivity index (χ1v) is 10.5. The van der Waals surface area contributed by atoms with E-state index in [2.05, 4.69) is 10.6 Å². The number of carbonyl (C=O) groups excluding carboxylic acids is 2. The fraction of sp³-hybridized carbons (Fsp3) is 0.364. The molecule has 2 aromatic carbocycles. The number of urea groups is 1. The Kier molecular flexibility index (Phi) is 5.45. The molecule has 1 fully saturated rings. The lowest BCUT2D eigenvalue weighted by Gasteiger charge is -2.41. The molecule has 1 atom stereocenters. The number of hydrogen-bond acceptors (Lipinski definition) is 2. The molecule has 0 radical (unpaired) electrons. The van der Waals surface area contributed by atoms with Crippen LogP contribution in [0.15, 0.2) is 42.5 Å². The van der Waals surface area contributed by atoms with E-state index in [1.807, 2.05) is 42.5 Å². The molecule has 0 aromatic heterocycles. The van der Waals surface area contributed by atoms with E-state index in [1.165, 1.54) is 0 Å². The van der Waals surface area contributed by atoms with Gasteiger partial charge in [0, 0.05) is 35.9 Å². The molecule has 3 amide bonds. The lowest BCUT2D eigenvalue weighted by molar-refractivity contribution is -0.123. The Morgan fingerprint density at radius 1 is 1.17 bits per heavy atom. The number of carbonyl (C=O) groups is 2. The number of likely N-dealkylation sites (tertiary alicyclic amines) is 1. The van der Waals surface area contributed by atoms with Crippen LogP contribution in [0.2, 0.25) is 10.0 Å². The van der Waals surface area contributed by atoms with Crippen LogP contribution < -0.4 is 10.6 Å². The summed E-state index contributed by atoms with van der Waals surface area (Å²) < 4.78 is 0. The fourth-order valence-electron chi connectivity index (χ4n) is 4.79. The van der Waals surface area contributed by atoms with E-state index >= 15 is 0 Å². The van der Waals surface area contributed by atoms with Crippen molar-refractivity contribution in [3.8, 4) is 0 Å². The topological polar surface area (TPSA) is 61.4 Å². The lowest BCUT2D eigenvalue weighted by atomic mass is 9.64. The zero-order chi connectivity index (χ0) is 20.6. The molecular formula is C22H23Cl2N3O2. The number of anilines is 1. The first-order valence-electron chi connectivity index (χ1n) is 9.76. The van der Waals surface area contributed by atoms with Crippen LogP contribution in [-0.2, 0) is 16.6 Å². The number of benzene rings is 2. The predicted molar refractivity (Wildman–Crippen MR) is 116 cm³/mol. The Labute approximate surface area is 180 Å². The van der Waals surface area contributed by atoms with Crippen LogP contribution in [0.3, 0.4) is 0 Å². The fourth-order valence-corrected chi connectivity index (χ4v) is 5.18. The Morgan fingerprint density at radius 2 is 1.90 bits per heavy atom. The van der Waals surface area contributed by atoms with Crippen molar-refractivity contribution < 1.29 is 9.59 Å². The second-order valence-electron chi connectivity index (χ2n) is 7.74. The zero-order valence-corrected chi connectivity index (χ0v) is 17.7. The van der Waals surface area contributed by atoms with Gasteiger partial charge in [0.25, 0.3) is 0 Å². The molecule has 7 heteroatoms. The van der Waals surface area contributed by atoms with Gasteiger partial charge < -0.3 is 15.5 Å².